The van der Waals surface area contributed by atoms with Gasteiger partial charge in [0.1, 0.15) is 5.82 Å². The summed E-state index contributed by atoms with van der Waals surface area (Å²) in [5.41, 5.74) is 3.29. The number of aromatic amines is 1. The molecule has 2 aromatic rings. The topological polar surface area (TPSA) is 52.1 Å². The average Bonchev–Trinajstić information content (AvgIpc) is 2.67. The fourth-order valence-corrected chi connectivity index (χ4v) is 2.43. The molecular weight excluding hydrogens is 238 g/mol. The molecule has 0 bridgehead atoms. The fraction of sp³-hybridized carbons (Fsp3) is 0.533. The Morgan fingerprint density at radius 2 is 2.11 bits per heavy atom. The second-order valence-corrected chi connectivity index (χ2v) is 6.17. The molecule has 1 aromatic heterocycles. The van der Waals surface area contributed by atoms with E-state index in [9.17, 15) is 5.11 Å². The van der Waals surface area contributed by atoms with Gasteiger partial charge in [0.2, 0.25) is 0 Å². The molecule has 0 aliphatic heterocycles. The van der Waals surface area contributed by atoms with Gasteiger partial charge in [-0.15, -0.1) is 0 Å². The van der Waals surface area contributed by atoms with Crippen LogP contribution in [-0.4, -0.2) is 40.2 Å². The number of aliphatic hydroxyl groups excluding tert-OH is 1. The first-order valence-electron chi connectivity index (χ1n) is 6.64. The molecule has 0 saturated carbocycles. The minimum Gasteiger partial charge on any atom is -0.396 e. The average molecular weight is 261 g/mol. The normalized spacial score (nSPS) is 12.5. The molecule has 0 aliphatic rings. The molecule has 104 valence electrons. The number of hydrogen-bond donors (Lipinski definition) is 2. The summed E-state index contributed by atoms with van der Waals surface area (Å²) in [7, 11) is 2.08. The van der Waals surface area contributed by atoms with Crippen molar-refractivity contribution in [1.82, 2.24) is 14.9 Å². The SMILES string of the molecule is Cc1nc2ccc(CN(C)CC(C)(C)CO)cc2[nH]1. The maximum absolute atomic E-state index is 9.31. The van der Waals surface area contributed by atoms with Crippen molar-refractivity contribution < 1.29 is 5.11 Å². The van der Waals surface area contributed by atoms with Gasteiger partial charge in [0.15, 0.2) is 0 Å². The number of H-pyrrole nitrogens is 1. The van der Waals surface area contributed by atoms with Crippen LogP contribution in [0.1, 0.15) is 25.2 Å². The van der Waals surface area contributed by atoms with Crippen LogP contribution in [0.4, 0.5) is 0 Å². The van der Waals surface area contributed by atoms with Crippen LogP contribution in [0.2, 0.25) is 0 Å². The van der Waals surface area contributed by atoms with Crippen molar-refractivity contribution in [3.63, 3.8) is 0 Å². The highest BCUT2D eigenvalue weighted by Gasteiger charge is 2.18. The van der Waals surface area contributed by atoms with Gasteiger partial charge < -0.3 is 15.0 Å². The van der Waals surface area contributed by atoms with Gasteiger partial charge in [-0.25, -0.2) is 4.98 Å². The van der Waals surface area contributed by atoms with E-state index >= 15 is 0 Å². The van der Waals surface area contributed by atoms with E-state index in [1.54, 1.807) is 0 Å². The molecule has 0 atom stereocenters. The summed E-state index contributed by atoms with van der Waals surface area (Å²) in [5, 5.41) is 9.31. The summed E-state index contributed by atoms with van der Waals surface area (Å²) in [4.78, 5) is 9.90. The Hall–Kier alpha value is -1.39. The van der Waals surface area contributed by atoms with Gasteiger partial charge in [-0.1, -0.05) is 19.9 Å². The van der Waals surface area contributed by atoms with Crippen molar-refractivity contribution in [2.75, 3.05) is 20.2 Å². The van der Waals surface area contributed by atoms with E-state index in [0.29, 0.717) is 0 Å². The van der Waals surface area contributed by atoms with Crippen molar-refractivity contribution in [2.45, 2.75) is 27.3 Å². The summed E-state index contributed by atoms with van der Waals surface area (Å²) < 4.78 is 0. The molecule has 19 heavy (non-hydrogen) atoms. The third kappa shape index (κ3) is 3.55. The zero-order chi connectivity index (χ0) is 14.0. The monoisotopic (exact) mass is 261 g/mol. The predicted molar refractivity (Wildman–Crippen MR) is 78.0 cm³/mol. The zero-order valence-corrected chi connectivity index (χ0v) is 12.2. The van der Waals surface area contributed by atoms with E-state index in [4.69, 9.17) is 0 Å². The van der Waals surface area contributed by atoms with Crippen LogP contribution in [0, 0.1) is 12.3 Å². The molecule has 0 spiro atoms. The van der Waals surface area contributed by atoms with Crippen LogP contribution >= 0.6 is 0 Å². The molecule has 1 aromatic carbocycles. The fourth-order valence-electron chi connectivity index (χ4n) is 2.43. The number of hydrogen-bond acceptors (Lipinski definition) is 3. The molecule has 0 radical (unpaired) electrons. The molecule has 2 N–H and O–H groups in total. The molecule has 1 heterocycles. The Kier molecular flexibility index (Phi) is 3.92. The van der Waals surface area contributed by atoms with Crippen molar-refractivity contribution in [1.29, 1.82) is 0 Å². The van der Waals surface area contributed by atoms with Crippen LogP contribution in [0.3, 0.4) is 0 Å². The lowest BCUT2D eigenvalue weighted by atomic mass is 9.94. The molecule has 0 amide bonds. The van der Waals surface area contributed by atoms with Crippen LogP contribution in [-0.2, 0) is 6.54 Å². The number of aliphatic hydroxyl groups is 1. The van der Waals surface area contributed by atoms with Gasteiger partial charge >= 0.3 is 0 Å². The first-order chi connectivity index (χ1) is 8.89. The number of imidazole rings is 1. The van der Waals surface area contributed by atoms with Gasteiger partial charge in [-0.3, -0.25) is 0 Å². The van der Waals surface area contributed by atoms with E-state index in [1.165, 1.54) is 5.56 Å². The first kappa shape index (κ1) is 14.0. The number of aromatic nitrogens is 2. The largest absolute Gasteiger partial charge is 0.396 e. The number of benzene rings is 1. The summed E-state index contributed by atoms with van der Waals surface area (Å²) in [6.07, 6.45) is 0. The van der Waals surface area contributed by atoms with Crippen LogP contribution < -0.4 is 0 Å². The smallest absolute Gasteiger partial charge is 0.104 e. The number of rotatable bonds is 5. The highest BCUT2D eigenvalue weighted by atomic mass is 16.3. The quantitative estimate of drug-likeness (QED) is 0.868. The molecule has 2 rings (SSSR count). The molecular formula is C15H23N3O. The zero-order valence-electron chi connectivity index (χ0n) is 12.2. The lowest BCUT2D eigenvalue weighted by Crippen LogP contribution is -2.33. The highest BCUT2D eigenvalue weighted by molar-refractivity contribution is 5.75. The standard InChI is InChI=1S/C15H23N3O/c1-11-16-13-6-5-12(7-14(13)17-11)8-18(4)9-15(2,3)10-19/h5-7,19H,8-10H2,1-4H3,(H,16,17). The van der Waals surface area contributed by atoms with Gasteiger partial charge in [-0.2, -0.15) is 0 Å². The molecule has 0 unspecified atom stereocenters. The second-order valence-electron chi connectivity index (χ2n) is 6.17. The van der Waals surface area contributed by atoms with E-state index in [-0.39, 0.29) is 12.0 Å². The molecule has 0 aliphatic carbocycles. The van der Waals surface area contributed by atoms with E-state index < -0.39 is 0 Å². The molecule has 0 fully saturated rings. The molecule has 4 nitrogen and oxygen atoms in total. The number of nitrogens with zero attached hydrogens (tertiary/aromatic N) is 2. The maximum Gasteiger partial charge on any atom is 0.104 e. The molecule has 0 saturated heterocycles. The third-order valence-electron chi connectivity index (χ3n) is 3.24. The molecule has 4 heteroatoms. The predicted octanol–water partition coefficient (Wildman–Crippen LogP) is 2.32. The lowest BCUT2D eigenvalue weighted by molar-refractivity contribution is 0.112. The van der Waals surface area contributed by atoms with E-state index in [0.717, 1.165) is 29.9 Å². The van der Waals surface area contributed by atoms with Crippen molar-refractivity contribution >= 4 is 11.0 Å². The van der Waals surface area contributed by atoms with Crippen LogP contribution in [0.25, 0.3) is 11.0 Å². The van der Waals surface area contributed by atoms with Gasteiger partial charge in [0, 0.05) is 25.1 Å². The highest BCUT2D eigenvalue weighted by Crippen LogP contribution is 2.18. The van der Waals surface area contributed by atoms with Gasteiger partial charge in [0.05, 0.1) is 11.0 Å². The number of aryl methyl sites for hydroxylation is 1. The Bertz CT molecular complexity index is 560. The maximum atomic E-state index is 9.31. The minimum absolute atomic E-state index is 0.0660. The van der Waals surface area contributed by atoms with Crippen LogP contribution in [0.5, 0.6) is 0 Å². The summed E-state index contributed by atoms with van der Waals surface area (Å²) >= 11 is 0. The third-order valence-corrected chi connectivity index (χ3v) is 3.24. The van der Waals surface area contributed by atoms with Crippen molar-refractivity contribution in [3.05, 3.63) is 29.6 Å². The second kappa shape index (κ2) is 5.31. The van der Waals surface area contributed by atoms with E-state index in [2.05, 4.69) is 54.0 Å². The first-order valence-corrected chi connectivity index (χ1v) is 6.64. The number of nitrogens with one attached hydrogen (secondary N) is 1. The van der Waals surface area contributed by atoms with Gasteiger partial charge in [-0.05, 0) is 31.7 Å². The Labute approximate surface area is 114 Å². The van der Waals surface area contributed by atoms with Crippen molar-refractivity contribution in [3.8, 4) is 0 Å². The Morgan fingerprint density at radius 1 is 1.37 bits per heavy atom. The van der Waals surface area contributed by atoms with E-state index in [1.807, 2.05) is 6.92 Å². The Balaban J connectivity index is 2.08. The van der Waals surface area contributed by atoms with Gasteiger partial charge in [0.25, 0.3) is 0 Å². The lowest BCUT2D eigenvalue weighted by Gasteiger charge is -2.28. The van der Waals surface area contributed by atoms with Crippen LogP contribution in [0.15, 0.2) is 18.2 Å². The summed E-state index contributed by atoms with van der Waals surface area (Å²) in [5.74, 6) is 0.946. The Morgan fingerprint density at radius 3 is 2.79 bits per heavy atom. The number of fused-ring (bicyclic) bond motifs is 1. The van der Waals surface area contributed by atoms with Crippen molar-refractivity contribution in [2.24, 2.45) is 5.41 Å². The minimum atomic E-state index is -0.0660. The summed E-state index contributed by atoms with van der Waals surface area (Å²) in [6, 6.07) is 6.32. The summed E-state index contributed by atoms with van der Waals surface area (Å²) in [6.45, 7) is 8.06.